The Hall–Kier alpha value is -4.95. The Morgan fingerprint density at radius 1 is 0.708 bits per heavy atom. The lowest BCUT2D eigenvalue weighted by atomic mass is 9.95. The first kappa shape index (κ1) is 34.4. The molecule has 0 spiro atoms. The van der Waals surface area contributed by atoms with Gasteiger partial charge in [-0.2, -0.15) is 26.3 Å². The molecule has 9 nitrogen and oxygen atoms in total. The second-order valence-electron chi connectivity index (χ2n) is 11.6. The van der Waals surface area contributed by atoms with Crippen molar-refractivity contribution in [3.8, 4) is 0 Å². The number of nitrogens with one attached hydrogen (secondary N) is 1. The molecule has 0 saturated carbocycles. The van der Waals surface area contributed by atoms with Crippen LogP contribution < -0.4 is 15.1 Å². The lowest BCUT2D eigenvalue weighted by Crippen LogP contribution is -2.38. The molecule has 1 amide bonds. The number of benzene rings is 1. The molecule has 15 heteroatoms. The molecule has 0 unspecified atom stereocenters. The topological polar surface area (TPSA) is 112 Å². The van der Waals surface area contributed by atoms with Gasteiger partial charge in [-0.1, -0.05) is 12.1 Å². The highest BCUT2D eigenvalue weighted by Crippen LogP contribution is 2.32. The largest absolute Gasteiger partial charge is 0.481 e. The van der Waals surface area contributed by atoms with Gasteiger partial charge < -0.3 is 20.2 Å². The van der Waals surface area contributed by atoms with E-state index in [4.69, 9.17) is 5.11 Å². The van der Waals surface area contributed by atoms with Gasteiger partial charge in [-0.3, -0.25) is 14.6 Å². The third-order valence-electron chi connectivity index (χ3n) is 8.38. The minimum atomic E-state index is -4.39. The van der Waals surface area contributed by atoms with Crippen LogP contribution in [0.5, 0.6) is 0 Å². The van der Waals surface area contributed by atoms with Gasteiger partial charge in [-0.05, 0) is 68.1 Å². The lowest BCUT2D eigenvalue weighted by Gasteiger charge is -2.32. The van der Waals surface area contributed by atoms with Crippen LogP contribution in [0.4, 0.5) is 43.7 Å². The summed E-state index contributed by atoms with van der Waals surface area (Å²) in [4.78, 5) is 39.1. The predicted molar refractivity (Wildman–Crippen MR) is 166 cm³/mol. The molecule has 2 N–H and O–H groups in total. The maximum atomic E-state index is 12.7. The van der Waals surface area contributed by atoms with Crippen LogP contribution in [0.1, 0.15) is 36.8 Å². The van der Waals surface area contributed by atoms with Crippen LogP contribution >= 0.6 is 0 Å². The summed E-state index contributed by atoms with van der Waals surface area (Å²) in [6, 6.07) is 14.2. The van der Waals surface area contributed by atoms with Crippen LogP contribution in [-0.4, -0.2) is 58.1 Å². The maximum absolute atomic E-state index is 12.7. The zero-order chi connectivity index (χ0) is 34.5. The number of rotatable bonds is 5. The summed E-state index contributed by atoms with van der Waals surface area (Å²) in [5.74, 6) is -0.444. The van der Waals surface area contributed by atoms with Crippen LogP contribution in [-0.2, 0) is 21.9 Å². The molecule has 3 aromatic heterocycles. The molecule has 6 rings (SSSR count). The summed E-state index contributed by atoms with van der Waals surface area (Å²) in [6.45, 7) is 2.12. The van der Waals surface area contributed by atoms with Gasteiger partial charge in [0.25, 0.3) is 0 Å². The highest BCUT2D eigenvalue weighted by Gasteiger charge is 2.33. The van der Waals surface area contributed by atoms with Crippen LogP contribution in [0.2, 0.25) is 0 Å². The van der Waals surface area contributed by atoms with Crippen molar-refractivity contribution >= 4 is 40.1 Å². The number of hydrogen-bond donors (Lipinski definition) is 2. The van der Waals surface area contributed by atoms with Gasteiger partial charge in [0.1, 0.15) is 11.6 Å². The molecule has 2 aliphatic heterocycles. The van der Waals surface area contributed by atoms with Crippen molar-refractivity contribution in [2.75, 3.05) is 41.3 Å². The standard InChI is InChI=1S/C21H19F3N4O.C12H13F3N2O2/c22-21(23,24)16-4-6-19(26-13-16)28-10-7-15(8-11-28)20(29)27-17-5-3-14-2-1-9-25-18(14)12-17;13-12(14,15)9-1-2-10(16-7-9)17-5-3-8(4-6-17)11(18)19/h1-6,9,12-13,15H,7-8,10-11H2,(H,27,29);1-2,7-8H,3-6H2,(H,18,19). The number of pyridine rings is 3. The molecule has 0 aliphatic carbocycles. The fourth-order valence-electron chi connectivity index (χ4n) is 5.60. The summed E-state index contributed by atoms with van der Waals surface area (Å²) in [6.07, 6.45) is -3.23. The average molecular weight is 675 g/mol. The van der Waals surface area contributed by atoms with E-state index in [-0.39, 0.29) is 17.7 Å². The molecule has 2 saturated heterocycles. The van der Waals surface area contributed by atoms with E-state index in [0.29, 0.717) is 69.2 Å². The average Bonchev–Trinajstić information content (AvgIpc) is 3.08. The summed E-state index contributed by atoms with van der Waals surface area (Å²) < 4.78 is 75.1. The Balaban J connectivity index is 0.000000206. The summed E-state index contributed by atoms with van der Waals surface area (Å²) in [5.41, 5.74) is -0.0291. The number of amides is 1. The second-order valence-corrected chi connectivity index (χ2v) is 11.6. The zero-order valence-corrected chi connectivity index (χ0v) is 25.5. The van der Waals surface area contributed by atoms with Gasteiger partial charge in [0.15, 0.2) is 0 Å². The SMILES string of the molecule is O=C(Nc1ccc2cccnc2c1)C1CCN(c2ccc(C(F)(F)F)cn2)CC1.O=C(O)C1CCN(c2ccc(C(F)(F)F)cn2)CC1. The number of piperidine rings is 2. The molecule has 5 heterocycles. The first-order valence-electron chi connectivity index (χ1n) is 15.2. The number of halogens is 6. The normalized spacial score (nSPS) is 16.3. The van der Waals surface area contributed by atoms with Crippen molar-refractivity contribution in [2.24, 2.45) is 11.8 Å². The molecule has 4 aromatic rings. The van der Waals surface area contributed by atoms with Crippen LogP contribution in [0.15, 0.2) is 73.2 Å². The first-order valence-corrected chi connectivity index (χ1v) is 15.2. The Kier molecular flexibility index (Phi) is 10.3. The number of fused-ring (bicyclic) bond motifs is 1. The molecule has 2 fully saturated rings. The molecule has 0 atom stereocenters. The Bertz CT molecular complexity index is 1700. The lowest BCUT2D eigenvalue weighted by molar-refractivity contribution is -0.142. The van der Waals surface area contributed by atoms with Crippen molar-refractivity contribution in [1.29, 1.82) is 0 Å². The van der Waals surface area contributed by atoms with Gasteiger partial charge in [0.2, 0.25) is 5.91 Å². The summed E-state index contributed by atoms with van der Waals surface area (Å²) in [7, 11) is 0. The Labute approximate surface area is 271 Å². The van der Waals surface area contributed by atoms with Gasteiger partial charge >= 0.3 is 18.3 Å². The Morgan fingerprint density at radius 3 is 1.69 bits per heavy atom. The predicted octanol–water partition coefficient (Wildman–Crippen LogP) is 6.91. The quantitative estimate of drug-likeness (QED) is 0.220. The number of carboxylic acid groups (broad SMARTS) is 1. The molecule has 2 aliphatic rings. The highest BCUT2D eigenvalue weighted by molar-refractivity contribution is 5.95. The number of nitrogens with zero attached hydrogens (tertiary/aromatic N) is 5. The van der Waals surface area contributed by atoms with Crippen molar-refractivity contribution in [2.45, 2.75) is 38.0 Å². The molecular formula is C33H32F6N6O3. The molecule has 254 valence electrons. The zero-order valence-electron chi connectivity index (χ0n) is 25.5. The van der Waals surface area contributed by atoms with E-state index in [0.717, 1.165) is 35.4 Å². The number of aliphatic carboxylic acids is 1. The van der Waals surface area contributed by atoms with Crippen molar-refractivity contribution < 1.29 is 41.0 Å². The maximum Gasteiger partial charge on any atom is 0.417 e. The van der Waals surface area contributed by atoms with E-state index in [1.54, 1.807) is 11.1 Å². The van der Waals surface area contributed by atoms with Crippen molar-refractivity contribution in [3.63, 3.8) is 0 Å². The fourth-order valence-corrected chi connectivity index (χ4v) is 5.60. The second kappa shape index (κ2) is 14.4. The summed E-state index contributed by atoms with van der Waals surface area (Å²) in [5, 5.41) is 12.8. The van der Waals surface area contributed by atoms with E-state index >= 15 is 0 Å². The van der Waals surface area contributed by atoms with Crippen molar-refractivity contribution in [1.82, 2.24) is 15.0 Å². The van der Waals surface area contributed by atoms with E-state index < -0.39 is 29.4 Å². The number of carbonyl (C=O) groups excluding carboxylic acids is 1. The number of alkyl halides is 6. The van der Waals surface area contributed by atoms with E-state index in [1.165, 1.54) is 12.1 Å². The molecular weight excluding hydrogens is 642 g/mol. The number of aromatic nitrogens is 3. The minimum absolute atomic E-state index is 0.0553. The molecule has 48 heavy (non-hydrogen) atoms. The monoisotopic (exact) mass is 674 g/mol. The summed E-state index contributed by atoms with van der Waals surface area (Å²) >= 11 is 0. The van der Waals surface area contributed by atoms with E-state index in [2.05, 4.69) is 20.3 Å². The number of anilines is 3. The smallest absolute Gasteiger partial charge is 0.417 e. The first-order chi connectivity index (χ1) is 22.8. The molecule has 0 bridgehead atoms. The molecule has 1 aromatic carbocycles. The van der Waals surface area contributed by atoms with Gasteiger partial charge in [-0.15, -0.1) is 0 Å². The number of carboxylic acids is 1. The third-order valence-corrected chi connectivity index (χ3v) is 8.38. The van der Waals surface area contributed by atoms with Gasteiger partial charge in [0, 0.05) is 61.8 Å². The van der Waals surface area contributed by atoms with Crippen LogP contribution in [0.3, 0.4) is 0 Å². The highest BCUT2D eigenvalue weighted by atomic mass is 19.4. The number of carbonyl (C=O) groups is 2. The van der Waals surface area contributed by atoms with Crippen molar-refractivity contribution in [3.05, 3.63) is 84.3 Å². The van der Waals surface area contributed by atoms with Gasteiger partial charge in [0.05, 0.1) is 22.6 Å². The van der Waals surface area contributed by atoms with E-state index in [9.17, 15) is 35.9 Å². The fraction of sp³-hybridized carbons (Fsp3) is 0.364. The van der Waals surface area contributed by atoms with Crippen LogP contribution in [0, 0.1) is 11.8 Å². The number of hydrogen-bond acceptors (Lipinski definition) is 7. The third kappa shape index (κ3) is 8.69. The van der Waals surface area contributed by atoms with Crippen LogP contribution in [0.25, 0.3) is 10.9 Å². The minimum Gasteiger partial charge on any atom is -0.481 e. The van der Waals surface area contributed by atoms with Gasteiger partial charge in [-0.25, -0.2) is 9.97 Å². The van der Waals surface area contributed by atoms with E-state index in [1.807, 2.05) is 35.2 Å². The molecule has 0 radical (unpaired) electrons. The Morgan fingerprint density at radius 2 is 1.23 bits per heavy atom.